The highest BCUT2D eigenvalue weighted by atomic mass is 16.5. The molecule has 17 heavy (non-hydrogen) atoms. The van der Waals surface area contributed by atoms with Crippen molar-refractivity contribution in [1.29, 1.82) is 5.26 Å². The van der Waals surface area contributed by atoms with Gasteiger partial charge in [-0.2, -0.15) is 5.26 Å². The van der Waals surface area contributed by atoms with Crippen LogP contribution in [0.1, 0.15) is 38.2 Å². The van der Waals surface area contributed by atoms with Gasteiger partial charge in [0.05, 0.1) is 19.1 Å². The minimum absolute atomic E-state index is 0.0323. The molecule has 0 atom stereocenters. The first-order valence-corrected chi connectivity index (χ1v) is 5.75. The molecule has 0 aliphatic carbocycles. The van der Waals surface area contributed by atoms with Crippen LogP contribution < -0.4 is 4.74 Å². The third kappa shape index (κ3) is 4.69. The fourth-order valence-electron chi connectivity index (χ4n) is 1.42. The van der Waals surface area contributed by atoms with Crippen molar-refractivity contribution in [3.63, 3.8) is 0 Å². The SMILES string of the molecule is CC(C)c1cccc(OCCC(=O)CC#N)c1. The van der Waals surface area contributed by atoms with Crippen LogP contribution in [0.15, 0.2) is 24.3 Å². The van der Waals surface area contributed by atoms with E-state index in [1.54, 1.807) is 0 Å². The van der Waals surface area contributed by atoms with Gasteiger partial charge in [0.1, 0.15) is 11.5 Å². The average molecular weight is 231 g/mol. The molecule has 1 aromatic rings. The Morgan fingerprint density at radius 1 is 1.47 bits per heavy atom. The lowest BCUT2D eigenvalue weighted by Gasteiger charge is -2.09. The Hall–Kier alpha value is -1.82. The molecule has 0 heterocycles. The summed E-state index contributed by atoms with van der Waals surface area (Å²) in [5.74, 6) is 1.16. The van der Waals surface area contributed by atoms with Crippen molar-refractivity contribution in [3.05, 3.63) is 29.8 Å². The second-order valence-corrected chi connectivity index (χ2v) is 4.20. The average Bonchev–Trinajstić information content (AvgIpc) is 2.30. The van der Waals surface area contributed by atoms with Crippen molar-refractivity contribution in [2.45, 2.75) is 32.6 Å². The summed E-state index contributed by atoms with van der Waals surface area (Å²) in [5.41, 5.74) is 1.21. The summed E-state index contributed by atoms with van der Waals surface area (Å²) in [5, 5.41) is 8.34. The summed E-state index contributed by atoms with van der Waals surface area (Å²) >= 11 is 0. The molecule has 0 saturated carbocycles. The molecule has 0 aliphatic heterocycles. The molecule has 3 nitrogen and oxygen atoms in total. The molecule has 0 aromatic heterocycles. The summed E-state index contributed by atoms with van der Waals surface area (Å²) < 4.78 is 5.48. The Balaban J connectivity index is 2.44. The second-order valence-electron chi connectivity index (χ2n) is 4.20. The van der Waals surface area contributed by atoms with Gasteiger partial charge in [0.2, 0.25) is 0 Å². The highest BCUT2D eigenvalue weighted by molar-refractivity contribution is 5.80. The highest BCUT2D eigenvalue weighted by Crippen LogP contribution is 2.20. The van der Waals surface area contributed by atoms with Gasteiger partial charge in [0.25, 0.3) is 0 Å². The van der Waals surface area contributed by atoms with Gasteiger partial charge in [-0.3, -0.25) is 4.79 Å². The summed E-state index contributed by atoms with van der Waals surface area (Å²) in [6.07, 6.45) is 0.259. The number of Topliss-reactive ketones (excluding diaryl/α,β-unsaturated/α-hetero) is 1. The molecule has 0 fully saturated rings. The zero-order valence-corrected chi connectivity index (χ0v) is 10.3. The zero-order chi connectivity index (χ0) is 12.7. The largest absolute Gasteiger partial charge is 0.493 e. The van der Waals surface area contributed by atoms with Crippen molar-refractivity contribution in [3.8, 4) is 11.8 Å². The van der Waals surface area contributed by atoms with Gasteiger partial charge in [-0.15, -0.1) is 0 Å². The summed E-state index contributed by atoms with van der Waals surface area (Å²) in [6.45, 7) is 4.58. The van der Waals surface area contributed by atoms with E-state index in [4.69, 9.17) is 10.00 Å². The molecule has 0 radical (unpaired) electrons. The first-order valence-electron chi connectivity index (χ1n) is 5.75. The Kier molecular flexibility index (Phi) is 5.22. The lowest BCUT2D eigenvalue weighted by atomic mass is 10.0. The lowest BCUT2D eigenvalue weighted by Crippen LogP contribution is -2.05. The Labute approximate surface area is 102 Å². The van der Waals surface area contributed by atoms with E-state index in [9.17, 15) is 4.79 Å². The van der Waals surface area contributed by atoms with Crippen molar-refractivity contribution in [2.75, 3.05) is 6.61 Å². The maximum atomic E-state index is 11.1. The van der Waals surface area contributed by atoms with E-state index >= 15 is 0 Å². The van der Waals surface area contributed by atoms with Crippen LogP contribution in [0.25, 0.3) is 0 Å². The fourth-order valence-corrected chi connectivity index (χ4v) is 1.42. The molecule has 0 saturated heterocycles. The Morgan fingerprint density at radius 2 is 2.24 bits per heavy atom. The van der Waals surface area contributed by atoms with Crippen LogP contribution in [-0.4, -0.2) is 12.4 Å². The monoisotopic (exact) mass is 231 g/mol. The molecule has 0 N–H and O–H groups in total. The van der Waals surface area contributed by atoms with E-state index in [1.165, 1.54) is 5.56 Å². The number of hydrogen-bond acceptors (Lipinski definition) is 3. The summed E-state index contributed by atoms with van der Waals surface area (Å²) in [4.78, 5) is 11.1. The molecule has 1 rings (SSSR count). The van der Waals surface area contributed by atoms with Gasteiger partial charge < -0.3 is 4.74 Å². The molecular weight excluding hydrogens is 214 g/mol. The predicted molar refractivity (Wildman–Crippen MR) is 65.9 cm³/mol. The highest BCUT2D eigenvalue weighted by Gasteiger charge is 2.03. The maximum absolute atomic E-state index is 11.1. The lowest BCUT2D eigenvalue weighted by molar-refractivity contribution is -0.118. The van der Waals surface area contributed by atoms with Crippen LogP contribution in [-0.2, 0) is 4.79 Å². The van der Waals surface area contributed by atoms with Crippen LogP contribution in [0.4, 0.5) is 0 Å². The minimum atomic E-state index is -0.0764. The number of ether oxygens (including phenoxy) is 1. The number of nitrogens with zero attached hydrogens (tertiary/aromatic N) is 1. The smallest absolute Gasteiger partial charge is 0.150 e. The molecule has 90 valence electrons. The topological polar surface area (TPSA) is 50.1 Å². The molecule has 0 spiro atoms. The van der Waals surface area contributed by atoms with Crippen molar-refractivity contribution in [2.24, 2.45) is 0 Å². The molecule has 0 amide bonds. The number of ketones is 1. The molecule has 0 unspecified atom stereocenters. The van der Waals surface area contributed by atoms with E-state index in [2.05, 4.69) is 19.9 Å². The Morgan fingerprint density at radius 3 is 2.88 bits per heavy atom. The van der Waals surface area contributed by atoms with Crippen LogP contribution in [0.2, 0.25) is 0 Å². The Bertz CT molecular complexity index is 418. The van der Waals surface area contributed by atoms with Gasteiger partial charge in [-0.1, -0.05) is 26.0 Å². The van der Waals surface area contributed by atoms with E-state index in [-0.39, 0.29) is 12.2 Å². The quantitative estimate of drug-likeness (QED) is 0.756. The number of carbonyl (C=O) groups excluding carboxylic acids is 1. The van der Waals surface area contributed by atoms with Crippen molar-refractivity contribution < 1.29 is 9.53 Å². The number of carbonyl (C=O) groups is 1. The van der Waals surface area contributed by atoms with Crippen LogP contribution >= 0.6 is 0 Å². The third-order valence-corrected chi connectivity index (χ3v) is 2.45. The van der Waals surface area contributed by atoms with Gasteiger partial charge >= 0.3 is 0 Å². The van der Waals surface area contributed by atoms with Crippen LogP contribution in [0.5, 0.6) is 5.75 Å². The first-order chi connectivity index (χ1) is 8.13. The van der Waals surface area contributed by atoms with Gasteiger partial charge in [-0.25, -0.2) is 0 Å². The number of nitriles is 1. The van der Waals surface area contributed by atoms with Gasteiger partial charge in [-0.05, 0) is 23.6 Å². The third-order valence-electron chi connectivity index (χ3n) is 2.45. The maximum Gasteiger partial charge on any atom is 0.150 e. The van der Waals surface area contributed by atoms with E-state index < -0.39 is 0 Å². The number of rotatable bonds is 6. The van der Waals surface area contributed by atoms with E-state index in [0.717, 1.165) is 5.75 Å². The molecule has 3 heteroatoms. The molecular formula is C14H17NO2. The predicted octanol–water partition coefficient (Wildman–Crippen LogP) is 3.06. The normalized spacial score (nSPS) is 10.0. The van der Waals surface area contributed by atoms with Crippen molar-refractivity contribution >= 4 is 5.78 Å². The summed E-state index contributed by atoms with van der Waals surface area (Å²) in [7, 11) is 0. The van der Waals surface area contributed by atoms with Crippen LogP contribution in [0, 0.1) is 11.3 Å². The first kappa shape index (κ1) is 13.2. The number of hydrogen-bond donors (Lipinski definition) is 0. The summed E-state index contributed by atoms with van der Waals surface area (Å²) in [6, 6.07) is 9.70. The van der Waals surface area contributed by atoms with Gasteiger partial charge in [0.15, 0.2) is 0 Å². The minimum Gasteiger partial charge on any atom is -0.493 e. The van der Waals surface area contributed by atoms with Crippen LogP contribution in [0.3, 0.4) is 0 Å². The molecule has 0 bridgehead atoms. The molecule has 1 aromatic carbocycles. The molecule has 0 aliphatic rings. The van der Waals surface area contributed by atoms with E-state index in [1.807, 2.05) is 24.3 Å². The zero-order valence-electron chi connectivity index (χ0n) is 10.3. The second kappa shape index (κ2) is 6.70. The van der Waals surface area contributed by atoms with E-state index in [0.29, 0.717) is 18.9 Å². The van der Waals surface area contributed by atoms with Crippen molar-refractivity contribution in [1.82, 2.24) is 0 Å². The fraction of sp³-hybridized carbons (Fsp3) is 0.429. The van der Waals surface area contributed by atoms with Gasteiger partial charge in [0, 0.05) is 6.42 Å². The number of benzene rings is 1. The standard InChI is InChI=1S/C14H17NO2/c1-11(2)12-4-3-5-14(10-12)17-9-7-13(16)6-8-15/h3-5,10-11H,6-7,9H2,1-2H3.